The molecule has 3 amide bonds. The number of hydrogen-bond acceptors (Lipinski definition) is 3. The molecular weight excluding hydrogens is 222 g/mol. The number of nitrogens with one attached hydrogen (secondary N) is 1. The molecule has 0 aromatic carbocycles. The molecule has 0 aliphatic carbocycles. The molecule has 1 N–H and O–H groups in total. The van der Waals surface area contributed by atoms with Gasteiger partial charge in [0.05, 0.1) is 0 Å². The van der Waals surface area contributed by atoms with E-state index in [2.05, 4.69) is 5.32 Å². The van der Waals surface area contributed by atoms with E-state index in [0.29, 0.717) is 12.8 Å². The Labute approximate surface area is 101 Å². The van der Waals surface area contributed by atoms with Crippen molar-refractivity contribution in [2.45, 2.75) is 31.8 Å². The van der Waals surface area contributed by atoms with Gasteiger partial charge in [-0.2, -0.15) is 0 Å². The van der Waals surface area contributed by atoms with E-state index in [9.17, 15) is 14.4 Å². The Bertz CT molecular complexity index is 343. The van der Waals surface area contributed by atoms with E-state index in [-0.39, 0.29) is 17.7 Å². The van der Waals surface area contributed by atoms with Gasteiger partial charge in [0.2, 0.25) is 17.7 Å². The molecule has 1 saturated heterocycles. The average molecular weight is 241 g/mol. The van der Waals surface area contributed by atoms with Crippen LogP contribution in [0.2, 0.25) is 0 Å². The molecule has 0 spiro atoms. The molecule has 17 heavy (non-hydrogen) atoms. The van der Waals surface area contributed by atoms with Crippen LogP contribution in [0.3, 0.4) is 0 Å². The molecular formula is C11H19N3O3. The normalized spacial score (nSPS) is 21.3. The number of carbonyl (C=O) groups is 3. The minimum absolute atomic E-state index is 0.0238. The molecule has 1 aliphatic heterocycles. The summed E-state index contributed by atoms with van der Waals surface area (Å²) in [5, 5.41) is 2.50. The minimum atomic E-state index is -0.531. The first-order chi connectivity index (χ1) is 7.90. The second-order valence-corrected chi connectivity index (χ2v) is 4.30. The van der Waals surface area contributed by atoms with Crippen molar-refractivity contribution in [2.24, 2.45) is 0 Å². The molecule has 2 atom stereocenters. The summed E-state index contributed by atoms with van der Waals surface area (Å²) in [6.07, 6.45) is 0.925. The van der Waals surface area contributed by atoms with Gasteiger partial charge < -0.3 is 15.1 Å². The third-order valence-electron chi connectivity index (χ3n) is 3.33. The predicted molar refractivity (Wildman–Crippen MR) is 62.1 cm³/mol. The number of likely N-dealkylation sites (N-methyl/N-ethyl adjacent to an activating group) is 3. The van der Waals surface area contributed by atoms with Crippen molar-refractivity contribution in [3.63, 3.8) is 0 Å². The van der Waals surface area contributed by atoms with Crippen molar-refractivity contribution in [1.82, 2.24) is 15.1 Å². The van der Waals surface area contributed by atoms with Crippen molar-refractivity contribution in [1.29, 1.82) is 0 Å². The summed E-state index contributed by atoms with van der Waals surface area (Å²) < 4.78 is 0. The Hall–Kier alpha value is -1.59. The van der Waals surface area contributed by atoms with Gasteiger partial charge in [0.15, 0.2) is 0 Å². The van der Waals surface area contributed by atoms with Crippen LogP contribution in [-0.2, 0) is 14.4 Å². The lowest BCUT2D eigenvalue weighted by Gasteiger charge is -2.28. The second-order valence-electron chi connectivity index (χ2n) is 4.30. The maximum Gasteiger partial charge on any atom is 0.245 e. The van der Waals surface area contributed by atoms with Gasteiger partial charge in [0.25, 0.3) is 0 Å². The van der Waals surface area contributed by atoms with E-state index >= 15 is 0 Å². The smallest absolute Gasteiger partial charge is 0.245 e. The summed E-state index contributed by atoms with van der Waals surface area (Å²) in [6.45, 7) is 1.66. The minimum Gasteiger partial charge on any atom is -0.357 e. The van der Waals surface area contributed by atoms with E-state index in [1.165, 1.54) is 16.8 Å². The molecule has 0 bridgehead atoms. The number of rotatable bonds is 3. The molecule has 1 heterocycles. The maximum atomic E-state index is 12.1. The Kier molecular flexibility index (Phi) is 4.09. The Morgan fingerprint density at radius 3 is 2.53 bits per heavy atom. The summed E-state index contributed by atoms with van der Waals surface area (Å²) >= 11 is 0. The topological polar surface area (TPSA) is 69.7 Å². The first kappa shape index (κ1) is 13.5. The van der Waals surface area contributed by atoms with E-state index < -0.39 is 12.1 Å². The number of hydrogen-bond donors (Lipinski definition) is 1. The lowest BCUT2D eigenvalue weighted by molar-refractivity contribution is -0.143. The lowest BCUT2D eigenvalue weighted by atomic mass is 10.1. The van der Waals surface area contributed by atoms with Crippen LogP contribution in [0.1, 0.15) is 19.8 Å². The molecule has 96 valence electrons. The Morgan fingerprint density at radius 2 is 2.12 bits per heavy atom. The third-order valence-corrected chi connectivity index (χ3v) is 3.33. The Morgan fingerprint density at radius 1 is 1.53 bits per heavy atom. The van der Waals surface area contributed by atoms with Crippen LogP contribution < -0.4 is 5.32 Å². The van der Waals surface area contributed by atoms with Gasteiger partial charge in [-0.1, -0.05) is 0 Å². The molecule has 0 aromatic heterocycles. The molecule has 6 heteroatoms. The standard InChI is InChI=1S/C11H19N3O3/c1-7(10(16)12-2)13(3)11(17)8-5-6-9(15)14(8)4/h7-8H,5-6H2,1-4H3,(H,12,16)/t7?,8-/m0/s1. The fourth-order valence-electron chi connectivity index (χ4n) is 1.90. The van der Waals surface area contributed by atoms with Gasteiger partial charge in [0, 0.05) is 27.6 Å². The number of likely N-dealkylation sites (tertiary alicyclic amines) is 1. The third kappa shape index (κ3) is 2.57. The monoisotopic (exact) mass is 241 g/mol. The summed E-state index contributed by atoms with van der Waals surface area (Å²) in [7, 11) is 4.73. The van der Waals surface area contributed by atoms with Gasteiger partial charge in [-0.25, -0.2) is 0 Å². The predicted octanol–water partition coefficient (Wildman–Crippen LogP) is -0.800. The van der Waals surface area contributed by atoms with Crippen molar-refractivity contribution in [3.05, 3.63) is 0 Å². The van der Waals surface area contributed by atoms with Crippen LogP contribution in [0.5, 0.6) is 0 Å². The number of carbonyl (C=O) groups excluding carboxylic acids is 3. The van der Waals surface area contributed by atoms with Gasteiger partial charge in [-0.3, -0.25) is 14.4 Å². The fraction of sp³-hybridized carbons (Fsp3) is 0.727. The van der Waals surface area contributed by atoms with Gasteiger partial charge in [-0.05, 0) is 13.3 Å². The first-order valence-electron chi connectivity index (χ1n) is 5.64. The van der Waals surface area contributed by atoms with Crippen molar-refractivity contribution in [2.75, 3.05) is 21.1 Å². The second kappa shape index (κ2) is 5.16. The number of nitrogens with zero attached hydrogens (tertiary/aromatic N) is 2. The molecule has 0 saturated carbocycles. The highest BCUT2D eigenvalue weighted by atomic mass is 16.2. The van der Waals surface area contributed by atoms with E-state index in [1.807, 2.05) is 0 Å². The van der Waals surface area contributed by atoms with Crippen LogP contribution in [0.4, 0.5) is 0 Å². The highest BCUT2D eigenvalue weighted by molar-refractivity contribution is 5.93. The molecule has 1 rings (SSSR count). The molecule has 1 fully saturated rings. The molecule has 6 nitrogen and oxygen atoms in total. The van der Waals surface area contributed by atoms with Crippen LogP contribution in [0, 0.1) is 0 Å². The van der Waals surface area contributed by atoms with Crippen molar-refractivity contribution >= 4 is 17.7 Å². The summed E-state index contributed by atoms with van der Waals surface area (Å²) in [5.74, 6) is -0.424. The SMILES string of the molecule is CNC(=O)C(C)N(C)C(=O)[C@@H]1CCC(=O)N1C. The largest absolute Gasteiger partial charge is 0.357 e. The highest BCUT2D eigenvalue weighted by Gasteiger charge is 2.36. The fourth-order valence-corrected chi connectivity index (χ4v) is 1.90. The van der Waals surface area contributed by atoms with Crippen molar-refractivity contribution < 1.29 is 14.4 Å². The van der Waals surface area contributed by atoms with Crippen LogP contribution in [-0.4, -0.2) is 60.7 Å². The van der Waals surface area contributed by atoms with Gasteiger partial charge in [0.1, 0.15) is 12.1 Å². The molecule has 1 unspecified atom stereocenters. The summed E-state index contributed by atoms with van der Waals surface area (Å²) in [6, 6.07) is -0.962. The average Bonchev–Trinajstić information content (AvgIpc) is 2.66. The van der Waals surface area contributed by atoms with Crippen molar-refractivity contribution in [3.8, 4) is 0 Å². The van der Waals surface area contributed by atoms with E-state index in [0.717, 1.165) is 0 Å². The van der Waals surface area contributed by atoms with Gasteiger partial charge in [-0.15, -0.1) is 0 Å². The summed E-state index contributed by atoms with van der Waals surface area (Å²) in [4.78, 5) is 37.7. The molecule has 0 aromatic rings. The zero-order chi connectivity index (χ0) is 13.2. The Balaban J connectivity index is 2.70. The van der Waals surface area contributed by atoms with E-state index in [1.54, 1.807) is 21.0 Å². The first-order valence-corrected chi connectivity index (χ1v) is 5.64. The quantitative estimate of drug-likeness (QED) is 0.703. The van der Waals surface area contributed by atoms with Gasteiger partial charge >= 0.3 is 0 Å². The zero-order valence-corrected chi connectivity index (χ0v) is 10.7. The highest BCUT2D eigenvalue weighted by Crippen LogP contribution is 2.18. The molecule has 0 radical (unpaired) electrons. The van der Waals surface area contributed by atoms with Crippen LogP contribution in [0.15, 0.2) is 0 Å². The lowest BCUT2D eigenvalue weighted by Crippen LogP contribution is -2.51. The van der Waals surface area contributed by atoms with Crippen LogP contribution >= 0.6 is 0 Å². The van der Waals surface area contributed by atoms with E-state index in [4.69, 9.17) is 0 Å². The zero-order valence-electron chi connectivity index (χ0n) is 10.7. The van der Waals surface area contributed by atoms with Crippen LogP contribution in [0.25, 0.3) is 0 Å². The summed E-state index contributed by atoms with van der Waals surface area (Å²) in [5.41, 5.74) is 0. The maximum absolute atomic E-state index is 12.1. The molecule has 1 aliphatic rings. The number of amides is 3.